The normalized spacial score (nSPS) is 21.2. The Kier molecular flexibility index (Phi) is 3.36. The number of nitrogens with one attached hydrogen (secondary N) is 1. The van der Waals surface area contributed by atoms with Crippen LogP contribution in [0.2, 0.25) is 0 Å². The third kappa shape index (κ3) is 2.50. The SMILES string of the molecule is CCN1CCNCCCC1=O. The number of carbonyl (C=O) groups excluding carboxylic acids is 1. The molecule has 0 aliphatic carbocycles. The first-order valence-electron chi connectivity index (χ1n) is 4.33. The van der Waals surface area contributed by atoms with E-state index in [2.05, 4.69) is 5.32 Å². The lowest BCUT2D eigenvalue weighted by atomic mass is 10.2. The summed E-state index contributed by atoms with van der Waals surface area (Å²) in [5, 5.41) is 3.28. The first kappa shape index (κ1) is 8.53. The lowest BCUT2D eigenvalue weighted by Gasteiger charge is -2.23. The van der Waals surface area contributed by atoms with E-state index in [9.17, 15) is 4.79 Å². The van der Waals surface area contributed by atoms with Gasteiger partial charge in [-0.15, -0.1) is 0 Å². The molecule has 1 fully saturated rings. The van der Waals surface area contributed by atoms with Crippen LogP contribution in [0.5, 0.6) is 0 Å². The molecule has 1 saturated heterocycles. The summed E-state index contributed by atoms with van der Waals surface area (Å²) in [5.74, 6) is 0.314. The zero-order valence-corrected chi connectivity index (χ0v) is 7.10. The van der Waals surface area contributed by atoms with Crippen LogP contribution in [0.3, 0.4) is 0 Å². The zero-order chi connectivity index (χ0) is 8.10. The third-order valence-electron chi connectivity index (χ3n) is 2.04. The molecule has 1 aliphatic heterocycles. The molecule has 0 unspecified atom stereocenters. The highest BCUT2D eigenvalue weighted by atomic mass is 16.2. The number of rotatable bonds is 1. The van der Waals surface area contributed by atoms with Gasteiger partial charge in [0.15, 0.2) is 0 Å². The molecule has 0 bridgehead atoms. The van der Waals surface area contributed by atoms with Gasteiger partial charge in [-0.05, 0) is 19.9 Å². The van der Waals surface area contributed by atoms with Crippen molar-refractivity contribution in [2.75, 3.05) is 26.2 Å². The second-order valence-corrected chi connectivity index (χ2v) is 2.83. The highest BCUT2D eigenvalue weighted by Crippen LogP contribution is 1.99. The summed E-state index contributed by atoms with van der Waals surface area (Å²) in [4.78, 5) is 13.2. The minimum Gasteiger partial charge on any atom is -0.342 e. The summed E-state index contributed by atoms with van der Waals surface area (Å²) in [7, 11) is 0. The van der Waals surface area contributed by atoms with Gasteiger partial charge in [0.2, 0.25) is 5.91 Å². The van der Waals surface area contributed by atoms with E-state index in [1.165, 1.54) is 0 Å². The van der Waals surface area contributed by atoms with Crippen LogP contribution in [0.4, 0.5) is 0 Å². The number of amides is 1. The molecule has 3 heteroatoms. The number of hydrogen-bond acceptors (Lipinski definition) is 2. The van der Waals surface area contributed by atoms with Gasteiger partial charge in [0.25, 0.3) is 0 Å². The summed E-state index contributed by atoms with van der Waals surface area (Å²) in [6, 6.07) is 0. The summed E-state index contributed by atoms with van der Waals surface area (Å²) in [6.45, 7) is 5.68. The summed E-state index contributed by atoms with van der Waals surface area (Å²) in [6.07, 6.45) is 1.69. The fourth-order valence-electron chi connectivity index (χ4n) is 1.32. The minimum atomic E-state index is 0.314. The number of hydrogen-bond donors (Lipinski definition) is 1. The first-order valence-corrected chi connectivity index (χ1v) is 4.33. The van der Waals surface area contributed by atoms with Crippen molar-refractivity contribution in [2.24, 2.45) is 0 Å². The molecule has 11 heavy (non-hydrogen) atoms. The fourth-order valence-corrected chi connectivity index (χ4v) is 1.32. The second-order valence-electron chi connectivity index (χ2n) is 2.83. The van der Waals surface area contributed by atoms with Gasteiger partial charge in [-0.1, -0.05) is 0 Å². The molecular formula is C8H16N2O. The maximum Gasteiger partial charge on any atom is 0.222 e. The first-order chi connectivity index (χ1) is 5.34. The van der Waals surface area contributed by atoms with E-state index >= 15 is 0 Å². The maximum absolute atomic E-state index is 11.3. The van der Waals surface area contributed by atoms with Crippen molar-refractivity contribution < 1.29 is 4.79 Å². The summed E-state index contributed by atoms with van der Waals surface area (Å²) in [5.41, 5.74) is 0. The van der Waals surface area contributed by atoms with Crippen LogP contribution in [-0.4, -0.2) is 37.0 Å². The Balaban J connectivity index is 2.39. The fraction of sp³-hybridized carbons (Fsp3) is 0.875. The minimum absolute atomic E-state index is 0.314. The van der Waals surface area contributed by atoms with E-state index in [4.69, 9.17) is 0 Å². The molecule has 1 amide bonds. The number of likely N-dealkylation sites (N-methyl/N-ethyl adjacent to an activating group) is 1. The lowest BCUT2D eigenvalue weighted by molar-refractivity contribution is -0.131. The largest absolute Gasteiger partial charge is 0.342 e. The molecule has 0 spiro atoms. The van der Waals surface area contributed by atoms with Gasteiger partial charge in [0.05, 0.1) is 0 Å². The van der Waals surface area contributed by atoms with Gasteiger partial charge in [-0.3, -0.25) is 4.79 Å². The van der Waals surface area contributed by atoms with Crippen LogP contribution in [0, 0.1) is 0 Å². The van der Waals surface area contributed by atoms with Crippen molar-refractivity contribution in [3.05, 3.63) is 0 Å². The monoisotopic (exact) mass is 156 g/mol. The average molecular weight is 156 g/mol. The van der Waals surface area contributed by atoms with Crippen LogP contribution < -0.4 is 5.32 Å². The van der Waals surface area contributed by atoms with Gasteiger partial charge in [0, 0.05) is 26.1 Å². The molecule has 0 aromatic carbocycles. The highest BCUT2D eigenvalue weighted by Gasteiger charge is 2.12. The van der Waals surface area contributed by atoms with E-state index in [1.54, 1.807) is 0 Å². The predicted octanol–water partition coefficient (Wildman–Crippen LogP) is 0.218. The Morgan fingerprint density at radius 1 is 1.55 bits per heavy atom. The van der Waals surface area contributed by atoms with Crippen LogP contribution in [0.15, 0.2) is 0 Å². The topological polar surface area (TPSA) is 32.3 Å². The van der Waals surface area contributed by atoms with E-state index in [-0.39, 0.29) is 0 Å². The quantitative estimate of drug-likeness (QED) is 0.589. The Hall–Kier alpha value is -0.570. The zero-order valence-electron chi connectivity index (χ0n) is 7.10. The third-order valence-corrected chi connectivity index (χ3v) is 2.04. The smallest absolute Gasteiger partial charge is 0.222 e. The molecule has 0 aromatic heterocycles. The molecular weight excluding hydrogens is 140 g/mol. The Labute approximate surface area is 67.8 Å². The Morgan fingerprint density at radius 3 is 3.09 bits per heavy atom. The van der Waals surface area contributed by atoms with Crippen LogP contribution in [0.25, 0.3) is 0 Å². The van der Waals surface area contributed by atoms with Crippen molar-refractivity contribution in [2.45, 2.75) is 19.8 Å². The van der Waals surface area contributed by atoms with Crippen molar-refractivity contribution in [1.29, 1.82) is 0 Å². The molecule has 1 N–H and O–H groups in total. The molecule has 0 aromatic rings. The van der Waals surface area contributed by atoms with E-state index in [0.717, 1.165) is 32.6 Å². The number of nitrogens with zero attached hydrogens (tertiary/aromatic N) is 1. The Bertz CT molecular complexity index is 136. The van der Waals surface area contributed by atoms with Crippen molar-refractivity contribution >= 4 is 5.91 Å². The van der Waals surface area contributed by atoms with Gasteiger partial charge in [0.1, 0.15) is 0 Å². The molecule has 1 rings (SSSR count). The molecule has 1 heterocycles. The van der Waals surface area contributed by atoms with E-state index in [0.29, 0.717) is 12.3 Å². The van der Waals surface area contributed by atoms with E-state index in [1.807, 2.05) is 11.8 Å². The number of carbonyl (C=O) groups is 1. The van der Waals surface area contributed by atoms with Crippen LogP contribution in [0.1, 0.15) is 19.8 Å². The van der Waals surface area contributed by atoms with Gasteiger partial charge in [-0.2, -0.15) is 0 Å². The Morgan fingerprint density at radius 2 is 2.36 bits per heavy atom. The molecule has 0 saturated carbocycles. The molecule has 1 aliphatic rings. The van der Waals surface area contributed by atoms with Gasteiger partial charge in [-0.25, -0.2) is 0 Å². The standard InChI is InChI=1S/C8H16N2O/c1-2-10-7-6-9-5-3-4-8(10)11/h9H,2-7H2,1H3. The average Bonchev–Trinajstić information content (AvgIpc) is 1.98. The maximum atomic E-state index is 11.3. The van der Waals surface area contributed by atoms with Crippen LogP contribution in [-0.2, 0) is 4.79 Å². The van der Waals surface area contributed by atoms with Crippen LogP contribution >= 0.6 is 0 Å². The van der Waals surface area contributed by atoms with Gasteiger partial charge < -0.3 is 10.2 Å². The lowest BCUT2D eigenvalue weighted by Crippen LogP contribution is -2.39. The highest BCUT2D eigenvalue weighted by molar-refractivity contribution is 5.76. The van der Waals surface area contributed by atoms with Crippen molar-refractivity contribution in [3.8, 4) is 0 Å². The predicted molar refractivity (Wildman–Crippen MR) is 44.4 cm³/mol. The van der Waals surface area contributed by atoms with Crippen molar-refractivity contribution in [1.82, 2.24) is 10.2 Å². The van der Waals surface area contributed by atoms with Gasteiger partial charge >= 0.3 is 0 Å². The van der Waals surface area contributed by atoms with Crippen molar-refractivity contribution in [3.63, 3.8) is 0 Å². The molecule has 3 nitrogen and oxygen atoms in total. The summed E-state index contributed by atoms with van der Waals surface area (Å²) < 4.78 is 0. The molecule has 0 atom stereocenters. The summed E-state index contributed by atoms with van der Waals surface area (Å²) >= 11 is 0. The molecule has 64 valence electrons. The van der Waals surface area contributed by atoms with E-state index < -0.39 is 0 Å². The molecule has 0 radical (unpaired) electrons. The second kappa shape index (κ2) is 4.34.